The molecule has 98 valence electrons. The van der Waals surface area contributed by atoms with Crippen LogP contribution in [0.1, 0.15) is 6.42 Å². The van der Waals surface area contributed by atoms with Gasteiger partial charge in [0, 0.05) is 22.7 Å². The molecule has 3 N–H and O–H groups in total. The molecule has 6 heteroatoms. The van der Waals surface area contributed by atoms with Gasteiger partial charge in [-0.05, 0) is 40.5 Å². The lowest BCUT2D eigenvalue weighted by Crippen LogP contribution is -2.41. The highest BCUT2D eigenvalue weighted by molar-refractivity contribution is 9.10. The van der Waals surface area contributed by atoms with Gasteiger partial charge in [0.25, 0.3) is 0 Å². The number of ether oxygens (including phenoxy) is 1. The SMILES string of the molecule is NC(=O)C(Nc1ccc(Cl)c(Br)c1)C1CCOC1. The summed E-state index contributed by atoms with van der Waals surface area (Å²) in [5, 5.41) is 3.77. The molecule has 2 atom stereocenters. The number of carbonyl (C=O) groups is 1. The summed E-state index contributed by atoms with van der Waals surface area (Å²) in [4.78, 5) is 11.5. The van der Waals surface area contributed by atoms with E-state index < -0.39 is 6.04 Å². The molecule has 0 spiro atoms. The third-order valence-electron chi connectivity index (χ3n) is 2.98. The number of halogens is 2. The number of rotatable bonds is 4. The van der Waals surface area contributed by atoms with Crippen LogP contribution in [0.4, 0.5) is 5.69 Å². The van der Waals surface area contributed by atoms with Gasteiger partial charge in [0.2, 0.25) is 5.91 Å². The van der Waals surface area contributed by atoms with Crippen LogP contribution in [0.25, 0.3) is 0 Å². The molecular weight excluding hydrogens is 320 g/mol. The molecule has 1 amide bonds. The Morgan fingerprint density at radius 1 is 1.61 bits per heavy atom. The summed E-state index contributed by atoms with van der Waals surface area (Å²) < 4.78 is 6.07. The van der Waals surface area contributed by atoms with Crippen LogP contribution in [0, 0.1) is 5.92 Å². The summed E-state index contributed by atoms with van der Waals surface area (Å²) >= 11 is 9.26. The van der Waals surface area contributed by atoms with Crippen LogP contribution in [0.15, 0.2) is 22.7 Å². The number of anilines is 1. The van der Waals surface area contributed by atoms with Crippen LogP contribution >= 0.6 is 27.5 Å². The van der Waals surface area contributed by atoms with Crippen LogP contribution in [0.2, 0.25) is 5.02 Å². The standard InChI is InChI=1S/C12H14BrClN2O2/c13-9-5-8(1-2-10(9)14)16-11(12(15)17)7-3-4-18-6-7/h1-2,5,7,11,16H,3-4,6H2,(H2,15,17). The van der Waals surface area contributed by atoms with Gasteiger partial charge in [-0.3, -0.25) is 4.79 Å². The molecule has 1 aromatic carbocycles. The normalized spacial score (nSPS) is 20.7. The monoisotopic (exact) mass is 332 g/mol. The predicted octanol–water partition coefficient (Wildman–Crippen LogP) is 2.40. The van der Waals surface area contributed by atoms with Gasteiger partial charge in [-0.2, -0.15) is 0 Å². The van der Waals surface area contributed by atoms with Crippen molar-refractivity contribution in [3.63, 3.8) is 0 Å². The van der Waals surface area contributed by atoms with Crippen molar-refractivity contribution in [1.82, 2.24) is 0 Å². The maximum Gasteiger partial charge on any atom is 0.240 e. The van der Waals surface area contributed by atoms with Crippen LogP contribution < -0.4 is 11.1 Å². The van der Waals surface area contributed by atoms with Crippen molar-refractivity contribution < 1.29 is 9.53 Å². The summed E-state index contributed by atoms with van der Waals surface area (Å²) in [5.74, 6) is -0.242. The molecule has 2 unspecified atom stereocenters. The highest BCUT2D eigenvalue weighted by Crippen LogP contribution is 2.27. The molecule has 2 rings (SSSR count). The first kappa shape index (κ1) is 13.6. The highest BCUT2D eigenvalue weighted by Gasteiger charge is 2.29. The maximum atomic E-state index is 11.5. The van der Waals surface area contributed by atoms with E-state index in [1.807, 2.05) is 12.1 Å². The first-order chi connectivity index (χ1) is 8.58. The van der Waals surface area contributed by atoms with Crippen LogP contribution in [-0.4, -0.2) is 25.2 Å². The summed E-state index contributed by atoms with van der Waals surface area (Å²) in [6, 6.07) is 4.99. The van der Waals surface area contributed by atoms with Crippen molar-refractivity contribution in [2.24, 2.45) is 11.7 Å². The number of nitrogens with two attached hydrogens (primary N) is 1. The van der Waals surface area contributed by atoms with Gasteiger partial charge in [0.05, 0.1) is 11.6 Å². The lowest BCUT2D eigenvalue weighted by molar-refractivity contribution is -0.119. The molecule has 1 aliphatic heterocycles. The average Bonchev–Trinajstić information content (AvgIpc) is 2.83. The fourth-order valence-electron chi connectivity index (χ4n) is 2.00. The van der Waals surface area contributed by atoms with Crippen molar-refractivity contribution in [3.8, 4) is 0 Å². The van der Waals surface area contributed by atoms with E-state index in [-0.39, 0.29) is 11.8 Å². The van der Waals surface area contributed by atoms with E-state index in [1.54, 1.807) is 6.07 Å². The number of hydrogen-bond donors (Lipinski definition) is 2. The predicted molar refractivity (Wildman–Crippen MR) is 74.7 cm³/mol. The Labute approximate surface area is 119 Å². The first-order valence-electron chi connectivity index (χ1n) is 5.66. The molecular formula is C12H14BrClN2O2. The molecule has 1 aliphatic rings. The first-order valence-corrected chi connectivity index (χ1v) is 6.83. The summed E-state index contributed by atoms with van der Waals surface area (Å²) in [5.41, 5.74) is 6.24. The third kappa shape index (κ3) is 3.16. The van der Waals surface area contributed by atoms with E-state index in [9.17, 15) is 4.79 Å². The van der Waals surface area contributed by atoms with Gasteiger partial charge in [-0.15, -0.1) is 0 Å². The van der Waals surface area contributed by atoms with Crippen molar-refractivity contribution in [3.05, 3.63) is 27.7 Å². The quantitative estimate of drug-likeness (QED) is 0.889. The lowest BCUT2D eigenvalue weighted by atomic mass is 9.98. The van der Waals surface area contributed by atoms with Gasteiger partial charge in [0.1, 0.15) is 6.04 Å². The fourth-order valence-corrected chi connectivity index (χ4v) is 2.50. The Morgan fingerprint density at radius 2 is 2.39 bits per heavy atom. The number of primary amides is 1. The Kier molecular flexibility index (Phi) is 4.48. The summed E-state index contributed by atoms with van der Waals surface area (Å²) in [7, 11) is 0. The minimum Gasteiger partial charge on any atom is -0.381 e. The summed E-state index contributed by atoms with van der Waals surface area (Å²) in [6.45, 7) is 1.25. The zero-order valence-corrected chi connectivity index (χ0v) is 12.0. The van der Waals surface area contributed by atoms with E-state index >= 15 is 0 Å². The van der Waals surface area contributed by atoms with Crippen LogP contribution in [0.3, 0.4) is 0 Å². The van der Waals surface area contributed by atoms with E-state index in [0.717, 1.165) is 16.6 Å². The van der Waals surface area contributed by atoms with Crippen molar-refractivity contribution >= 4 is 39.1 Å². The largest absolute Gasteiger partial charge is 0.381 e. The molecule has 1 fully saturated rings. The Bertz CT molecular complexity index is 450. The Balaban J connectivity index is 2.12. The topological polar surface area (TPSA) is 64.4 Å². The van der Waals surface area contributed by atoms with Crippen molar-refractivity contribution in [2.45, 2.75) is 12.5 Å². The van der Waals surface area contributed by atoms with E-state index in [4.69, 9.17) is 22.1 Å². The van der Waals surface area contributed by atoms with Gasteiger partial charge in [-0.1, -0.05) is 11.6 Å². The number of nitrogens with one attached hydrogen (secondary N) is 1. The Morgan fingerprint density at radius 3 is 2.94 bits per heavy atom. The Hall–Kier alpha value is -0.780. The molecule has 1 heterocycles. The van der Waals surface area contributed by atoms with Crippen LogP contribution in [0.5, 0.6) is 0 Å². The number of benzene rings is 1. The molecule has 18 heavy (non-hydrogen) atoms. The maximum absolute atomic E-state index is 11.5. The van der Waals surface area contributed by atoms with Crippen molar-refractivity contribution in [1.29, 1.82) is 0 Å². The molecule has 1 aromatic rings. The van der Waals surface area contributed by atoms with Crippen molar-refractivity contribution in [2.75, 3.05) is 18.5 Å². The van der Waals surface area contributed by atoms with Crippen LogP contribution in [-0.2, 0) is 9.53 Å². The number of hydrogen-bond acceptors (Lipinski definition) is 3. The van der Waals surface area contributed by atoms with E-state index in [2.05, 4.69) is 21.2 Å². The molecule has 4 nitrogen and oxygen atoms in total. The molecule has 0 radical (unpaired) electrons. The molecule has 0 aromatic heterocycles. The highest BCUT2D eigenvalue weighted by atomic mass is 79.9. The average molecular weight is 334 g/mol. The van der Waals surface area contributed by atoms with Gasteiger partial charge in [-0.25, -0.2) is 0 Å². The lowest BCUT2D eigenvalue weighted by Gasteiger charge is -2.21. The molecule has 1 saturated heterocycles. The van der Waals surface area contributed by atoms with Gasteiger partial charge < -0.3 is 15.8 Å². The second kappa shape index (κ2) is 5.91. The zero-order valence-electron chi connectivity index (χ0n) is 9.66. The van der Waals surface area contributed by atoms with Gasteiger partial charge in [0.15, 0.2) is 0 Å². The second-order valence-electron chi connectivity index (χ2n) is 4.28. The minimum atomic E-state index is -0.416. The van der Waals surface area contributed by atoms with E-state index in [1.165, 1.54) is 0 Å². The number of amides is 1. The molecule has 0 aliphatic carbocycles. The summed E-state index contributed by atoms with van der Waals surface area (Å²) in [6.07, 6.45) is 0.843. The van der Waals surface area contributed by atoms with E-state index in [0.29, 0.717) is 18.2 Å². The zero-order chi connectivity index (χ0) is 13.1. The molecule has 0 saturated carbocycles. The third-order valence-corrected chi connectivity index (χ3v) is 4.20. The fraction of sp³-hybridized carbons (Fsp3) is 0.417. The smallest absolute Gasteiger partial charge is 0.240 e. The number of carbonyl (C=O) groups excluding carboxylic acids is 1. The minimum absolute atomic E-state index is 0.122. The second-order valence-corrected chi connectivity index (χ2v) is 5.54. The molecule has 0 bridgehead atoms. The van der Waals surface area contributed by atoms with Gasteiger partial charge >= 0.3 is 0 Å².